The van der Waals surface area contributed by atoms with E-state index in [1.807, 2.05) is 42.5 Å². The largest absolute Gasteiger partial charge is 1.00 e. The van der Waals surface area contributed by atoms with Gasteiger partial charge in [0.25, 0.3) is 0 Å². The van der Waals surface area contributed by atoms with E-state index in [1.54, 1.807) is 42.6 Å². The Labute approximate surface area is 222 Å². The minimum atomic E-state index is -0.428. The molecule has 0 saturated heterocycles. The molecule has 2 heterocycles. The zero-order valence-electron chi connectivity index (χ0n) is 20.1. The van der Waals surface area contributed by atoms with Crippen LogP contribution in [0.2, 0.25) is 0 Å². The standard InChI is InChI=1S/C13H13NO2.C8H10O2.C5H4FN.Na.H/c15-9-11-4-6-12(7-5-11)10-16-13-3-1-2-8-14-13;9-5-7-1-2-8(6-10)4-3-7;6-5-3-1-2-4-7-5;;/h1-8,15H,9-10H2;1-4,9-10H,5-6H2;1-4H;;/q;;;+1;-1. The van der Waals surface area contributed by atoms with Crippen molar-refractivity contribution in [3.05, 3.63) is 126 Å². The van der Waals surface area contributed by atoms with Crippen LogP contribution in [0.4, 0.5) is 4.39 Å². The number of pyridine rings is 2. The van der Waals surface area contributed by atoms with E-state index >= 15 is 0 Å². The molecule has 0 fully saturated rings. The first kappa shape index (κ1) is 29.4. The van der Waals surface area contributed by atoms with E-state index in [4.69, 9.17) is 20.1 Å². The summed E-state index contributed by atoms with van der Waals surface area (Å²) in [5, 5.41) is 26.2. The molecule has 0 amide bonds. The molecule has 0 saturated carbocycles. The van der Waals surface area contributed by atoms with Crippen molar-refractivity contribution in [3.8, 4) is 5.88 Å². The van der Waals surface area contributed by atoms with Gasteiger partial charge in [0, 0.05) is 18.5 Å². The quantitative estimate of drug-likeness (QED) is 0.287. The van der Waals surface area contributed by atoms with Gasteiger partial charge in [-0.1, -0.05) is 60.7 Å². The Hall–Kier alpha value is -2.65. The van der Waals surface area contributed by atoms with Gasteiger partial charge in [0.1, 0.15) is 6.61 Å². The van der Waals surface area contributed by atoms with Crippen LogP contribution in [0.1, 0.15) is 23.7 Å². The van der Waals surface area contributed by atoms with Crippen molar-refractivity contribution in [2.45, 2.75) is 26.4 Å². The average Bonchev–Trinajstić information content (AvgIpc) is 2.89. The third-order valence-electron chi connectivity index (χ3n) is 4.25. The Balaban J connectivity index is 0.000000525. The van der Waals surface area contributed by atoms with E-state index in [0.717, 1.165) is 22.3 Å². The van der Waals surface area contributed by atoms with Gasteiger partial charge >= 0.3 is 29.6 Å². The first-order chi connectivity index (χ1) is 16.1. The van der Waals surface area contributed by atoms with Gasteiger partial charge in [0.2, 0.25) is 11.8 Å². The number of aliphatic hydroxyl groups is 3. The number of rotatable bonds is 6. The molecule has 0 aliphatic rings. The van der Waals surface area contributed by atoms with Crippen molar-refractivity contribution in [2.75, 3.05) is 0 Å². The van der Waals surface area contributed by atoms with Crippen LogP contribution in [-0.2, 0) is 26.4 Å². The fourth-order valence-corrected chi connectivity index (χ4v) is 2.42. The van der Waals surface area contributed by atoms with E-state index in [-0.39, 0.29) is 50.8 Å². The van der Waals surface area contributed by atoms with Crippen molar-refractivity contribution in [1.82, 2.24) is 9.97 Å². The molecular weight excluding hydrogens is 446 g/mol. The van der Waals surface area contributed by atoms with Crippen LogP contribution in [0, 0.1) is 5.95 Å². The maximum absolute atomic E-state index is 11.8. The maximum atomic E-state index is 11.8. The second-order valence-electron chi connectivity index (χ2n) is 6.72. The number of aromatic nitrogens is 2. The van der Waals surface area contributed by atoms with Crippen LogP contribution >= 0.6 is 0 Å². The normalized spacial score (nSPS) is 9.41. The Morgan fingerprint density at radius 2 is 1.06 bits per heavy atom. The summed E-state index contributed by atoms with van der Waals surface area (Å²) >= 11 is 0. The summed E-state index contributed by atoms with van der Waals surface area (Å²) in [5.41, 5.74) is 3.71. The predicted molar refractivity (Wildman–Crippen MR) is 125 cm³/mol. The van der Waals surface area contributed by atoms with Gasteiger partial charge in [0.15, 0.2) is 0 Å². The molecule has 2 aromatic carbocycles. The van der Waals surface area contributed by atoms with E-state index in [0.29, 0.717) is 12.5 Å². The van der Waals surface area contributed by atoms with Gasteiger partial charge in [-0.05, 0) is 40.5 Å². The van der Waals surface area contributed by atoms with Crippen LogP contribution in [0.25, 0.3) is 0 Å². The molecule has 0 unspecified atom stereocenters. The summed E-state index contributed by atoms with van der Waals surface area (Å²) in [5.74, 6) is 0.191. The molecule has 4 rings (SSSR count). The summed E-state index contributed by atoms with van der Waals surface area (Å²) in [6, 6.07) is 25.0. The van der Waals surface area contributed by atoms with Gasteiger partial charge in [-0.25, -0.2) is 9.97 Å². The Morgan fingerprint density at radius 1 is 0.618 bits per heavy atom. The van der Waals surface area contributed by atoms with Crippen LogP contribution in [-0.4, -0.2) is 25.3 Å². The SMILES string of the molecule is Fc1ccccn1.OCc1ccc(CO)cc1.OCc1ccc(COc2ccccn2)cc1.[H-].[Na+]. The second kappa shape index (κ2) is 17.8. The Kier molecular flexibility index (Phi) is 15.4. The molecule has 0 bridgehead atoms. The molecule has 34 heavy (non-hydrogen) atoms. The number of benzene rings is 2. The van der Waals surface area contributed by atoms with E-state index in [2.05, 4.69) is 9.97 Å². The van der Waals surface area contributed by atoms with Crippen molar-refractivity contribution < 1.29 is 55.4 Å². The fourth-order valence-electron chi connectivity index (χ4n) is 2.42. The number of aliphatic hydroxyl groups excluding tert-OH is 3. The number of hydrogen-bond acceptors (Lipinski definition) is 6. The molecule has 3 N–H and O–H groups in total. The number of hydrogen-bond donors (Lipinski definition) is 3. The Bertz CT molecular complexity index is 1010. The van der Waals surface area contributed by atoms with Gasteiger partial charge in [-0.15, -0.1) is 0 Å². The maximum Gasteiger partial charge on any atom is 1.00 e. The zero-order chi connectivity index (χ0) is 23.7. The third kappa shape index (κ3) is 12.0. The number of halogens is 1. The number of nitrogens with zero attached hydrogens (tertiary/aromatic N) is 2. The summed E-state index contributed by atoms with van der Waals surface area (Å²) in [4.78, 5) is 7.38. The van der Waals surface area contributed by atoms with Crippen LogP contribution in [0.5, 0.6) is 5.88 Å². The van der Waals surface area contributed by atoms with Crippen molar-refractivity contribution >= 4 is 0 Å². The predicted octanol–water partition coefficient (Wildman–Crippen LogP) is 1.16. The van der Waals surface area contributed by atoms with Crippen LogP contribution in [0.3, 0.4) is 0 Å². The first-order valence-electron chi connectivity index (χ1n) is 10.2. The molecule has 0 spiro atoms. The van der Waals surface area contributed by atoms with E-state index < -0.39 is 5.95 Å². The van der Waals surface area contributed by atoms with Gasteiger partial charge < -0.3 is 21.5 Å². The molecule has 0 atom stereocenters. The topological polar surface area (TPSA) is 95.7 Å². The molecule has 0 radical (unpaired) electrons. The van der Waals surface area contributed by atoms with Crippen molar-refractivity contribution in [2.24, 2.45) is 0 Å². The molecule has 8 heteroatoms. The summed E-state index contributed by atoms with van der Waals surface area (Å²) in [7, 11) is 0. The van der Waals surface area contributed by atoms with Crippen LogP contribution < -0.4 is 34.3 Å². The molecule has 6 nitrogen and oxygen atoms in total. The smallest absolute Gasteiger partial charge is 1.00 e. The van der Waals surface area contributed by atoms with Gasteiger partial charge in [-0.2, -0.15) is 4.39 Å². The van der Waals surface area contributed by atoms with Crippen LogP contribution in [0.15, 0.2) is 97.3 Å². The molecular formula is C26H28FN2NaO4. The zero-order valence-corrected chi connectivity index (χ0v) is 21.1. The van der Waals surface area contributed by atoms with E-state index in [9.17, 15) is 4.39 Å². The first-order valence-corrected chi connectivity index (χ1v) is 10.2. The second-order valence-corrected chi connectivity index (χ2v) is 6.72. The van der Waals surface area contributed by atoms with Gasteiger partial charge in [-0.3, -0.25) is 0 Å². The van der Waals surface area contributed by atoms with Gasteiger partial charge in [0.05, 0.1) is 19.8 Å². The monoisotopic (exact) mass is 474 g/mol. The van der Waals surface area contributed by atoms with Crippen molar-refractivity contribution in [1.29, 1.82) is 0 Å². The average molecular weight is 475 g/mol. The fraction of sp³-hybridized carbons (Fsp3) is 0.154. The minimum absolute atomic E-state index is 0. The molecule has 174 valence electrons. The third-order valence-corrected chi connectivity index (χ3v) is 4.25. The molecule has 0 aliphatic carbocycles. The summed E-state index contributed by atoms with van der Waals surface area (Å²) < 4.78 is 17.3. The summed E-state index contributed by atoms with van der Waals surface area (Å²) in [6.07, 6.45) is 3.11. The molecule has 4 aromatic rings. The van der Waals surface area contributed by atoms with Crippen molar-refractivity contribution in [3.63, 3.8) is 0 Å². The number of ether oxygens (including phenoxy) is 1. The van der Waals surface area contributed by atoms with E-state index in [1.165, 1.54) is 12.3 Å². The molecule has 2 aromatic heterocycles. The Morgan fingerprint density at radius 3 is 1.38 bits per heavy atom. The summed E-state index contributed by atoms with van der Waals surface area (Å²) in [6.45, 7) is 0.682. The molecule has 0 aliphatic heterocycles. The minimum Gasteiger partial charge on any atom is -1.00 e.